The zero-order valence-corrected chi connectivity index (χ0v) is 21.3. The monoisotopic (exact) mass is 520 g/mol. The minimum absolute atomic E-state index is 0.0418. The lowest BCUT2D eigenvalue weighted by molar-refractivity contribution is -0.143. The van der Waals surface area contributed by atoms with Gasteiger partial charge in [0.05, 0.1) is 0 Å². The Morgan fingerprint density at radius 2 is 1.76 bits per heavy atom. The molecule has 3 aromatic heterocycles. The van der Waals surface area contributed by atoms with Gasteiger partial charge in [-0.05, 0) is 73.9 Å². The predicted molar refractivity (Wildman–Crippen MR) is 134 cm³/mol. The van der Waals surface area contributed by atoms with Crippen molar-refractivity contribution in [3.63, 3.8) is 0 Å². The van der Waals surface area contributed by atoms with Gasteiger partial charge in [0, 0.05) is 12.6 Å². The number of aromatic nitrogens is 4. The van der Waals surface area contributed by atoms with Crippen LogP contribution >= 0.6 is 0 Å². The number of hydrogen-bond acceptors (Lipinski definition) is 7. The lowest BCUT2D eigenvalue weighted by Gasteiger charge is -2.30. The van der Waals surface area contributed by atoms with Crippen LogP contribution < -0.4 is 5.32 Å². The van der Waals surface area contributed by atoms with Crippen LogP contribution in [-0.2, 0) is 22.7 Å². The van der Waals surface area contributed by atoms with Crippen molar-refractivity contribution in [2.45, 2.75) is 64.7 Å². The van der Waals surface area contributed by atoms with Gasteiger partial charge in [0.1, 0.15) is 29.6 Å². The molecule has 1 aliphatic carbocycles. The molecule has 0 unspecified atom stereocenters. The van der Waals surface area contributed by atoms with Gasteiger partial charge < -0.3 is 19.1 Å². The normalized spacial score (nSPS) is 14.5. The van der Waals surface area contributed by atoms with E-state index in [1.54, 1.807) is 50.2 Å². The lowest BCUT2D eigenvalue weighted by Crippen LogP contribution is -2.46. The molecule has 1 fully saturated rings. The number of nitrogens with one attached hydrogen (secondary N) is 1. The van der Waals surface area contributed by atoms with E-state index in [1.807, 2.05) is 0 Å². The van der Waals surface area contributed by atoms with Crippen LogP contribution in [0.4, 0.5) is 4.39 Å². The van der Waals surface area contributed by atoms with Crippen LogP contribution in [0.3, 0.4) is 0 Å². The Balaban J connectivity index is 1.45. The first-order valence-electron chi connectivity index (χ1n) is 12.6. The second-order valence-electron chi connectivity index (χ2n) is 9.54. The first kappa shape index (κ1) is 25.4. The standard InChI is InChI=1S/C27H29FN6O4/c1-17-7-13-22(37-17)25(27(36)29-21-5-3-4-6-21)33(15-19-9-11-20(28)12-10-19)24(35)16-34-31-26(30-32-34)23-14-8-18(2)38-23/h7-14,21,25H,3-6,15-16H2,1-2H3,(H,29,36)/t25-/m1/s1. The number of aryl methyl sites for hydroxylation is 2. The van der Waals surface area contributed by atoms with Crippen molar-refractivity contribution in [2.24, 2.45) is 0 Å². The molecule has 5 rings (SSSR count). The number of hydrogen-bond donors (Lipinski definition) is 1. The highest BCUT2D eigenvalue weighted by molar-refractivity contribution is 5.88. The Bertz CT molecular complexity index is 1400. The molecule has 0 saturated heterocycles. The van der Waals surface area contributed by atoms with Gasteiger partial charge in [0.2, 0.25) is 11.7 Å². The zero-order valence-electron chi connectivity index (χ0n) is 21.3. The number of carbonyl (C=O) groups excluding carboxylic acids is 2. The number of benzene rings is 1. The Kier molecular flexibility index (Phi) is 7.34. The maximum Gasteiger partial charge on any atom is 0.250 e. The van der Waals surface area contributed by atoms with E-state index in [2.05, 4.69) is 20.7 Å². The van der Waals surface area contributed by atoms with Gasteiger partial charge >= 0.3 is 0 Å². The maximum atomic E-state index is 13.8. The van der Waals surface area contributed by atoms with Crippen molar-refractivity contribution in [1.29, 1.82) is 0 Å². The van der Waals surface area contributed by atoms with Crippen LogP contribution in [0.5, 0.6) is 0 Å². The lowest BCUT2D eigenvalue weighted by atomic mass is 10.1. The largest absolute Gasteiger partial charge is 0.464 e. The fourth-order valence-electron chi connectivity index (χ4n) is 4.66. The van der Waals surface area contributed by atoms with E-state index in [0.29, 0.717) is 28.6 Å². The van der Waals surface area contributed by atoms with Gasteiger partial charge in [-0.2, -0.15) is 4.80 Å². The minimum atomic E-state index is -1.04. The molecule has 3 heterocycles. The Labute approximate surface area is 218 Å². The van der Waals surface area contributed by atoms with Gasteiger partial charge in [0.15, 0.2) is 11.8 Å². The van der Waals surface area contributed by atoms with Crippen molar-refractivity contribution < 1.29 is 22.8 Å². The summed E-state index contributed by atoms with van der Waals surface area (Å²) in [7, 11) is 0. The third kappa shape index (κ3) is 5.82. The molecular formula is C27H29FN6O4. The molecule has 0 spiro atoms. The number of halogens is 1. The molecule has 0 bridgehead atoms. The number of nitrogens with zero attached hydrogens (tertiary/aromatic N) is 5. The smallest absolute Gasteiger partial charge is 0.250 e. The summed E-state index contributed by atoms with van der Waals surface area (Å²) in [6.45, 7) is 3.35. The molecule has 10 nitrogen and oxygen atoms in total. The molecule has 4 aromatic rings. The van der Waals surface area contributed by atoms with E-state index < -0.39 is 17.8 Å². The number of rotatable bonds is 9. The summed E-state index contributed by atoms with van der Waals surface area (Å²) in [5.74, 6) is 1.17. The fourth-order valence-corrected chi connectivity index (χ4v) is 4.66. The predicted octanol–water partition coefficient (Wildman–Crippen LogP) is 4.11. The van der Waals surface area contributed by atoms with Crippen molar-refractivity contribution in [2.75, 3.05) is 0 Å². The highest BCUT2D eigenvalue weighted by Gasteiger charge is 2.36. The molecule has 198 valence electrons. The molecule has 1 aliphatic rings. The van der Waals surface area contributed by atoms with Crippen molar-refractivity contribution >= 4 is 11.8 Å². The van der Waals surface area contributed by atoms with Crippen LogP contribution in [0.25, 0.3) is 11.6 Å². The molecule has 2 amide bonds. The van der Waals surface area contributed by atoms with E-state index in [9.17, 15) is 14.0 Å². The third-order valence-corrected chi connectivity index (χ3v) is 6.57. The summed E-state index contributed by atoms with van der Waals surface area (Å²) in [5.41, 5.74) is 0.653. The quantitative estimate of drug-likeness (QED) is 0.353. The van der Waals surface area contributed by atoms with Crippen LogP contribution in [0.2, 0.25) is 0 Å². The third-order valence-electron chi connectivity index (χ3n) is 6.57. The molecule has 1 aromatic carbocycles. The average Bonchev–Trinajstić information content (AvgIpc) is 3.69. The first-order valence-corrected chi connectivity index (χ1v) is 12.6. The summed E-state index contributed by atoms with van der Waals surface area (Å²) in [5, 5.41) is 15.4. The molecular weight excluding hydrogens is 491 g/mol. The van der Waals surface area contributed by atoms with E-state index in [4.69, 9.17) is 8.83 Å². The van der Waals surface area contributed by atoms with Crippen LogP contribution in [-0.4, -0.2) is 43.0 Å². The molecule has 11 heteroatoms. The van der Waals surface area contributed by atoms with Crippen molar-refractivity contribution in [3.8, 4) is 11.6 Å². The van der Waals surface area contributed by atoms with Crippen molar-refractivity contribution in [3.05, 3.63) is 77.2 Å². The summed E-state index contributed by atoms with van der Waals surface area (Å²) < 4.78 is 25.0. The van der Waals surface area contributed by atoms with Gasteiger partial charge in [-0.15, -0.1) is 10.2 Å². The second-order valence-corrected chi connectivity index (χ2v) is 9.54. The number of tetrazole rings is 1. The fraction of sp³-hybridized carbons (Fsp3) is 0.370. The van der Waals surface area contributed by atoms with E-state index in [-0.39, 0.29) is 30.9 Å². The molecule has 0 radical (unpaired) electrons. The topological polar surface area (TPSA) is 119 Å². The van der Waals surface area contributed by atoms with E-state index >= 15 is 0 Å². The Morgan fingerprint density at radius 3 is 2.42 bits per heavy atom. The highest BCUT2D eigenvalue weighted by atomic mass is 19.1. The number of furan rings is 2. The summed E-state index contributed by atoms with van der Waals surface area (Å²) in [6, 6.07) is 11.8. The SMILES string of the molecule is Cc1ccc(-c2nnn(CC(=O)N(Cc3ccc(F)cc3)[C@@H](C(=O)NC3CCCC3)c3ccc(C)o3)n2)o1. The molecule has 1 saturated carbocycles. The zero-order chi connectivity index (χ0) is 26.6. The maximum absolute atomic E-state index is 13.8. The molecule has 1 N–H and O–H groups in total. The van der Waals surface area contributed by atoms with Crippen LogP contribution in [0, 0.1) is 19.7 Å². The van der Waals surface area contributed by atoms with Crippen LogP contribution in [0.15, 0.2) is 57.4 Å². The van der Waals surface area contributed by atoms with Gasteiger partial charge in [-0.3, -0.25) is 9.59 Å². The van der Waals surface area contributed by atoms with E-state index in [0.717, 1.165) is 30.5 Å². The first-order chi connectivity index (χ1) is 18.4. The van der Waals surface area contributed by atoms with Gasteiger partial charge in [0.25, 0.3) is 5.91 Å². The Morgan fingerprint density at radius 1 is 1.05 bits per heavy atom. The summed E-state index contributed by atoms with van der Waals surface area (Å²) in [6.07, 6.45) is 3.87. The molecule has 0 aliphatic heterocycles. The van der Waals surface area contributed by atoms with E-state index in [1.165, 1.54) is 17.0 Å². The van der Waals surface area contributed by atoms with Crippen molar-refractivity contribution in [1.82, 2.24) is 30.4 Å². The highest BCUT2D eigenvalue weighted by Crippen LogP contribution is 2.28. The Hall–Kier alpha value is -4.28. The molecule has 38 heavy (non-hydrogen) atoms. The minimum Gasteiger partial charge on any atom is -0.464 e. The average molecular weight is 521 g/mol. The number of carbonyl (C=O) groups is 2. The second kappa shape index (κ2) is 11.0. The van der Waals surface area contributed by atoms with Crippen LogP contribution in [0.1, 0.15) is 54.6 Å². The summed E-state index contributed by atoms with van der Waals surface area (Å²) in [4.78, 5) is 30.0. The van der Waals surface area contributed by atoms with Gasteiger partial charge in [-0.25, -0.2) is 4.39 Å². The summed E-state index contributed by atoms with van der Waals surface area (Å²) >= 11 is 0. The number of amides is 2. The van der Waals surface area contributed by atoms with Gasteiger partial charge in [-0.1, -0.05) is 25.0 Å². The molecule has 1 atom stereocenters.